The maximum absolute atomic E-state index is 13.8. The number of carboxylic acid groups (broad SMARTS) is 1. The zero-order chi connectivity index (χ0) is 14.5. The van der Waals surface area contributed by atoms with E-state index in [1.165, 1.54) is 6.07 Å². The van der Waals surface area contributed by atoms with E-state index in [1.807, 2.05) is 13.0 Å². The molecule has 1 atom stereocenters. The van der Waals surface area contributed by atoms with Crippen LogP contribution in [0.25, 0.3) is 0 Å². The van der Waals surface area contributed by atoms with E-state index in [-0.39, 0.29) is 6.42 Å². The van der Waals surface area contributed by atoms with Gasteiger partial charge in [0.15, 0.2) is 0 Å². The topological polar surface area (TPSA) is 62.5 Å². The van der Waals surface area contributed by atoms with Crippen LogP contribution in [0.2, 0.25) is 0 Å². The number of aliphatic carboxylic acids is 1. The van der Waals surface area contributed by atoms with Crippen molar-refractivity contribution in [3.8, 4) is 0 Å². The van der Waals surface area contributed by atoms with Gasteiger partial charge in [0.1, 0.15) is 11.6 Å². The standard InChI is InChI=1S/C15H16FNO3/c1-10-6-7-20-14(10)9-17-13(8-15(18)19)11-4-2-3-5-12(11)16/h2-7,13,17H,8-9H2,1H3,(H,18,19). The summed E-state index contributed by atoms with van der Waals surface area (Å²) in [6.45, 7) is 2.25. The van der Waals surface area contributed by atoms with Gasteiger partial charge in [-0.05, 0) is 24.6 Å². The molecule has 0 saturated carbocycles. The van der Waals surface area contributed by atoms with Crippen LogP contribution in [-0.4, -0.2) is 11.1 Å². The number of rotatable bonds is 6. The third-order valence-corrected chi connectivity index (χ3v) is 3.14. The van der Waals surface area contributed by atoms with Gasteiger partial charge in [-0.3, -0.25) is 4.79 Å². The molecule has 20 heavy (non-hydrogen) atoms. The van der Waals surface area contributed by atoms with E-state index >= 15 is 0 Å². The van der Waals surface area contributed by atoms with Crippen LogP contribution < -0.4 is 5.32 Å². The van der Waals surface area contributed by atoms with E-state index in [4.69, 9.17) is 9.52 Å². The third kappa shape index (κ3) is 3.45. The molecule has 2 rings (SSSR count). The number of furan rings is 1. The van der Waals surface area contributed by atoms with Crippen molar-refractivity contribution < 1.29 is 18.7 Å². The summed E-state index contributed by atoms with van der Waals surface area (Å²) in [6, 6.07) is 7.40. The predicted octanol–water partition coefficient (Wildman–Crippen LogP) is 3.03. The van der Waals surface area contributed by atoms with E-state index < -0.39 is 17.8 Å². The van der Waals surface area contributed by atoms with Gasteiger partial charge in [-0.2, -0.15) is 0 Å². The molecule has 0 aliphatic heterocycles. The van der Waals surface area contributed by atoms with Gasteiger partial charge >= 0.3 is 5.97 Å². The maximum atomic E-state index is 13.8. The number of carbonyl (C=O) groups is 1. The summed E-state index contributed by atoms with van der Waals surface area (Å²) in [5.74, 6) is -0.680. The molecular weight excluding hydrogens is 261 g/mol. The molecule has 0 saturated heterocycles. The minimum absolute atomic E-state index is 0.194. The van der Waals surface area contributed by atoms with Gasteiger partial charge in [-0.25, -0.2) is 4.39 Å². The Bertz CT molecular complexity index is 594. The van der Waals surface area contributed by atoms with Gasteiger partial charge in [0, 0.05) is 11.6 Å². The molecule has 4 nitrogen and oxygen atoms in total. The lowest BCUT2D eigenvalue weighted by molar-refractivity contribution is -0.137. The molecule has 1 aromatic heterocycles. The minimum atomic E-state index is -0.984. The Kier molecular flexibility index (Phi) is 4.53. The smallest absolute Gasteiger partial charge is 0.305 e. The first kappa shape index (κ1) is 14.3. The summed E-state index contributed by atoms with van der Waals surface area (Å²) in [4.78, 5) is 10.9. The first-order valence-electron chi connectivity index (χ1n) is 6.30. The second kappa shape index (κ2) is 6.34. The number of halogens is 1. The molecule has 0 aliphatic carbocycles. The molecule has 0 spiro atoms. The molecule has 1 aromatic carbocycles. The lowest BCUT2D eigenvalue weighted by Crippen LogP contribution is -2.24. The average Bonchev–Trinajstić information content (AvgIpc) is 2.80. The highest BCUT2D eigenvalue weighted by atomic mass is 19.1. The van der Waals surface area contributed by atoms with Gasteiger partial charge in [0.2, 0.25) is 0 Å². The number of nitrogens with one attached hydrogen (secondary N) is 1. The number of carboxylic acids is 1. The average molecular weight is 277 g/mol. The van der Waals surface area contributed by atoms with E-state index in [1.54, 1.807) is 24.5 Å². The summed E-state index contributed by atoms with van der Waals surface area (Å²) in [7, 11) is 0. The number of benzene rings is 1. The summed E-state index contributed by atoms with van der Waals surface area (Å²) in [5, 5.41) is 12.0. The van der Waals surface area contributed by atoms with Crippen LogP contribution in [0.3, 0.4) is 0 Å². The van der Waals surface area contributed by atoms with Crippen LogP contribution in [-0.2, 0) is 11.3 Å². The number of hydrogen-bond donors (Lipinski definition) is 2. The monoisotopic (exact) mass is 277 g/mol. The summed E-state index contributed by atoms with van der Waals surface area (Å²) >= 11 is 0. The molecule has 5 heteroatoms. The third-order valence-electron chi connectivity index (χ3n) is 3.14. The van der Waals surface area contributed by atoms with Crippen LogP contribution in [0, 0.1) is 12.7 Å². The molecule has 0 aliphatic rings. The largest absolute Gasteiger partial charge is 0.481 e. The normalized spacial score (nSPS) is 12.3. The molecular formula is C15H16FNO3. The lowest BCUT2D eigenvalue weighted by Gasteiger charge is -2.17. The first-order chi connectivity index (χ1) is 9.58. The Hall–Kier alpha value is -2.14. The quantitative estimate of drug-likeness (QED) is 0.852. The van der Waals surface area contributed by atoms with Crippen molar-refractivity contribution in [2.24, 2.45) is 0 Å². The SMILES string of the molecule is Cc1ccoc1CNC(CC(=O)O)c1ccccc1F. The van der Waals surface area contributed by atoms with Crippen LogP contribution >= 0.6 is 0 Å². The molecule has 0 bridgehead atoms. The van der Waals surface area contributed by atoms with Gasteiger partial charge in [-0.1, -0.05) is 18.2 Å². The van der Waals surface area contributed by atoms with Gasteiger partial charge in [0.05, 0.1) is 19.2 Å². The van der Waals surface area contributed by atoms with Gasteiger partial charge in [0.25, 0.3) is 0 Å². The number of hydrogen-bond acceptors (Lipinski definition) is 3. The Morgan fingerprint density at radius 3 is 2.75 bits per heavy atom. The molecule has 1 heterocycles. The molecule has 2 N–H and O–H groups in total. The van der Waals surface area contributed by atoms with Crippen molar-refractivity contribution in [3.63, 3.8) is 0 Å². The minimum Gasteiger partial charge on any atom is -0.481 e. The zero-order valence-electron chi connectivity index (χ0n) is 11.1. The van der Waals surface area contributed by atoms with E-state index in [0.717, 1.165) is 11.3 Å². The van der Waals surface area contributed by atoms with E-state index in [9.17, 15) is 9.18 Å². The fourth-order valence-electron chi connectivity index (χ4n) is 2.03. The first-order valence-corrected chi connectivity index (χ1v) is 6.30. The molecule has 1 unspecified atom stereocenters. The predicted molar refractivity (Wildman–Crippen MR) is 71.7 cm³/mol. The fourth-order valence-corrected chi connectivity index (χ4v) is 2.03. The number of aryl methyl sites for hydroxylation is 1. The zero-order valence-corrected chi connectivity index (χ0v) is 11.1. The molecule has 0 radical (unpaired) electrons. The highest BCUT2D eigenvalue weighted by molar-refractivity contribution is 5.68. The molecule has 0 amide bonds. The highest BCUT2D eigenvalue weighted by Crippen LogP contribution is 2.21. The van der Waals surface area contributed by atoms with Crippen LogP contribution in [0.1, 0.15) is 29.3 Å². The fraction of sp³-hybridized carbons (Fsp3) is 0.267. The van der Waals surface area contributed by atoms with Crippen molar-refractivity contribution in [2.75, 3.05) is 0 Å². The Morgan fingerprint density at radius 1 is 1.40 bits per heavy atom. The Morgan fingerprint density at radius 2 is 2.15 bits per heavy atom. The lowest BCUT2D eigenvalue weighted by atomic mass is 10.0. The van der Waals surface area contributed by atoms with Crippen molar-refractivity contribution in [2.45, 2.75) is 25.9 Å². The Balaban J connectivity index is 2.14. The second-order valence-electron chi connectivity index (χ2n) is 4.58. The van der Waals surface area contributed by atoms with Crippen LogP contribution in [0.5, 0.6) is 0 Å². The van der Waals surface area contributed by atoms with Crippen LogP contribution in [0.4, 0.5) is 4.39 Å². The van der Waals surface area contributed by atoms with E-state index in [2.05, 4.69) is 5.32 Å². The Labute approximate surface area is 116 Å². The molecule has 0 fully saturated rings. The highest BCUT2D eigenvalue weighted by Gasteiger charge is 2.19. The van der Waals surface area contributed by atoms with Crippen molar-refractivity contribution in [1.82, 2.24) is 5.32 Å². The summed E-state index contributed by atoms with van der Waals surface area (Å²) in [5.41, 5.74) is 1.32. The van der Waals surface area contributed by atoms with Crippen molar-refractivity contribution in [3.05, 3.63) is 59.3 Å². The molecule has 2 aromatic rings. The molecule has 106 valence electrons. The summed E-state index contributed by atoms with van der Waals surface area (Å²) < 4.78 is 19.1. The summed E-state index contributed by atoms with van der Waals surface area (Å²) in [6.07, 6.45) is 1.38. The van der Waals surface area contributed by atoms with Gasteiger partial charge < -0.3 is 14.8 Å². The maximum Gasteiger partial charge on any atom is 0.305 e. The second-order valence-corrected chi connectivity index (χ2v) is 4.58. The van der Waals surface area contributed by atoms with E-state index in [0.29, 0.717) is 12.1 Å². The van der Waals surface area contributed by atoms with Gasteiger partial charge in [-0.15, -0.1) is 0 Å². The van der Waals surface area contributed by atoms with Crippen molar-refractivity contribution in [1.29, 1.82) is 0 Å². The van der Waals surface area contributed by atoms with Crippen molar-refractivity contribution >= 4 is 5.97 Å². The van der Waals surface area contributed by atoms with Crippen LogP contribution in [0.15, 0.2) is 41.0 Å².